The molecule has 1 rings (SSSR count). The quantitative estimate of drug-likeness (QED) is 0.586. The van der Waals surface area contributed by atoms with Gasteiger partial charge in [0.05, 0.1) is 0 Å². The van der Waals surface area contributed by atoms with E-state index in [9.17, 15) is 0 Å². The molecule has 0 atom stereocenters. The Labute approximate surface area is 55.4 Å². The summed E-state index contributed by atoms with van der Waals surface area (Å²) in [6.45, 7) is 7.79. The molecule has 9 heavy (non-hydrogen) atoms. The highest BCUT2D eigenvalue weighted by Crippen LogP contribution is 2.08. The summed E-state index contributed by atoms with van der Waals surface area (Å²) >= 11 is 0. The molecule has 48 valence electrons. The molecular weight excluding hydrogens is 110 g/mol. The van der Waals surface area contributed by atoms with Crippen LogP contribution in [0.1, 0.15) is 17.0 Å². The van der Waals surface area contributed by atoms with E-state index in [0.29, 0.717) is 0 Å². The number of hydrogen-bond acceptors (Lipinski definition) is 0. The van der Waals surface area contributed by atoms with Crippen LogP contribution in [-0.2, 0) is 0 Å². The van der Waals surface area contributed by atoms with Crippen LogP contribution in [0.5, 0.6) is 0 Å². The maximum Gasteiger partial charge on any atom is 0.0406 e. The van der Waals surface area contributed by atoms with Crippen molar-refractivity contribution in [2.45, 2.75) is 13.8 Å². The third-order valence-electron chi connectivity index (χ3n) is 1.39. The number of aryl methyl sites for hydroxylation is 2. The largest absolute Gasteiger partial charge is 0.359 e. The highest BCUT2D eigenvalue weighted by atomic mass is 14.7. The Kier molecular flexibility index (Phi) is 1.43. The van der Waals surface area contributed by atoms with E-state index in [0.717, 1.165) is 5.69 Å². The van der Waals surface area contributed by atoms with Gasteiger partial charge in [-0.05, 0) is 31.6 Å². The van der Waals surface area contributed by atoms with Crippen molar-refractivity contribution in [3.63, 3.8) is 0 Å². The molecule has 1 aromatic rings. The minimum absolute atomic E-state index is 1.13. The van der Waals surface area contributed by atoms with E-state index in [1.165, 1.54) is 11.3 Å². The van der Waals surface area contributed by atoms with Crippen molar-refractivity contribution in [2.24, 2.45) is 0 Å². The van der Waals surface area contributed by atoms with Crippen LogP contribution in [-0.4, -0.2) is 4.98 Å². The Morgan fingerprint density at radius 2 is 2.22 bits per heavy atom. The summed E-state index contributed by atoms with van der Waals surface area (Å²) in [7, 11) is 0. The van der Waals surface area contributed by atoms with Crippen LogP contribution in [0.3, 0.4) is 0 Å². The van der Waals surface area contributed by atoms with Gasteiger partial charge in [-0.15, -0.1) is 0 Å². The lowest BCUT2D eigenvalue weighted by Gasteiger charge is -1.85. The first-order valence-corrected chi connectivity index (χ1v) is 3.02. The average Bonchev–Trinajstić information content (AvgIpc) is 2.10. The number of H-pyrrole nitrogens is 1. The van der Waals surface area contributed by atoms with E-state index in [1.54, 1.807) is 0 Å². The predicted octanol–water partition coefficient (Wildman–Crippen LogP) is 2.27. The van der Waals surface area contributed by atoms with Gasteiger partial charge in [0, 0.05) is 11.4 Å². The van der Waals surface area contributed by atoms with Gasteiger partial charge in [0.25, 0.3) is 0 Å². The van der Waals surface area contributed by atoms with Crippen LogP contribution in [0.25, 0.3) is 6.08 Å². The van der Waals surface area contributed by atoms with Gasteiger partial charge >= 0.3 is 0 Å². The van der Waals surface area contributed by atoms with Gasteiger partial charge in [-0.25, -0.2) is 0 Å². The molecule has 1 aromatic heterocycles. The molecule has 1 heterocycles. The number of aromatic nitrogens is 1. The van der Waals surface area contributed by atoms with Crippen LogP contribution >= 0.6 is 0 Å². The number of hydrogen-bond donors (Lipinski definition) is 1. The van der Waals surface area contributed by atoms with Crippen molar-refractivity contribution >= 4 is 6.08 Å². The molecule has 0 spiro atoms. The average molecular weight is 121 g/mol. The molecule has 0 aliphatic rings. The van der Waals surface area contributed by atoms with E-state index >= 15 is 0 Å². The number of nitrogens with one attached hydrogen (secondary N) is 1. The first-order valence-electron chi connectivity index (χ1n) is 3.02. The Morgan fingerprint density at radius 1 is 1.56 bits per heavy atom. The minimum atomic E-state index is 1.13. The number of rotatable bonds is 1. The Bertz CT molecular complexity index is 220. The molecule has 0 aromatic carbocycles. The second-order valence-electron chi connectivity index (χ2n) is 2.25. The van der Waals surface area contributed by atoms with Crippen molar-refractivity contribution in [1.29, 1.82) is 0 Å². The van der Waals surface area contributed by atoms with E-state index < -0.39 is 0 Å². The Hall–Kier alpha value is -0.980. The monoisotopic (exact) mass is 121 g/mol. The van der Waals surface area contributed by atoms with Gasteiger partial charge in [0.1, 0.15) is 0 Å². The predicted molar refractivity (Wildman–Crippen MR) is 40.4 cm³/mol. The zero-order valence-corrected chi connectivity index (χ0v) is 5.86. The highest BCUT2D eigenvalue weighted by molar-refractivity contribution is 5.47. The summed E-state index contributed by atoms with van der Waals surface area (Å²) in [5.74, 6) is 0. The minimum Gasteiger partial charge on any atom is -0.359 e. The van der Waals surface area contributed by atoms with Crippen LogP contribution in [0.4, 0.5) is 0 Å². The van der Waals surface area contributed by atoms with Gasteiger partial charge in [-0.2, -0.15) is 0 Å². The van der Waals surface area contributed by atoms with E-state index in [4.69, 9.17) is 0 Å². The van der Waals surface area contributed by atoms with Crippen molar-refractivity contribution in [3.05, 3.63) is 29.6 Å². The van der Waals surface area contributed by atoms with Crippen LogP contribution in [0.2, 0.25) is 0 Å². The van der Waals surface area contributed by atoms with E-state index in [1.807, 2.05) is 13.0 Å². The SMILES string of the molecule is C=Cc1[nH]c(C)cc1C. The topological polar surface area (TPSA) is 15.8 Å². The van der Waals surface area contributed by atoms with Crippen molar-refractivity contribution < 1.29 is 0 Å². The van der Waals surface area contributed by atoms with Crippen molar-refractivity contribution in [2.75, 3.05) is 0 Å². The summed E-state index contributed by atoms with van der Waals surface area (Å²) in [5.41, 5.74) is 3.59. The summed E-state index contributed by atoms with van der Waals surface area (Å²) in [4.78, 5) is 3.18. The lowest BCUT2D eigenvalue weighted by molar-refractivity contribution is 1.24. The first-order chi connectivity index (χ1) is 4.24. The van der Waals surface area contributed by atoms with E-state index in [-0.39, 0.29) is 0 Å². The lowest BCUT2D eigenvalue weighted by Crippen LogP contribution is -1.72. The van der Waals surface area contributed by atoms with Gasteiger partial charge in [0.15, 0.2) is 0 Å². The normalized spacial score (nSPS) is 9.56. The van der Waals surface area contributed by atoms with Gasteiger partial charge in [-0.1, -0.05) is 6.58 Å². The molecule has 1 heteroatoms. The molecule has 0 bridgehead atoms. The molecule has 0 saturated heterocycles. The molecule has 1 nitrogen and oxygen atoms in total. The first kappa shape index (κ1) is 6.14. The van der Waals surface area contributed by atoms with Crippen molar-refractivity contribution in [3.8, 4) is 0 Å². The Balaban J connectivity index is 3.15. The molecule has 0 aliphatic carbocycles. The fourth-order valence-corrected chi connectivity index (χ4v) is 0.962. The summed E-state index contributed by atoms with van der Waals surface area (Å²) in [6.07, 6.45) is 1.84. The molecule has 0 fully saturated rings. The zero-order valence-electron chi connectivity index (χ0n) is 5.86. The third kappa shape index (κ3) is 1.04. The highest BCUT2D eigenvalue weighted by Gasteiger charge is 1.94. The second-order valence-corrected chi connectivity index (χ2v) is 2.25. The van der Waals surface area contributed by atoms with Gasteiger partial charge in [0.2, 0.25) is 0 Å². The fraction of sp³-hybridized carbons (Fsp3) is 0.250. The maximum atomic E-state index is 3.67. The number of aromatic amines is 1. The van der Waals surface area contributed by atoms with Crippen molar-refractivity contribution in [1.82, 2.24) is 4.98 Å². The molecular formula is C8H11N. The maximum absolute atomic E-state index is 3.67. The van der Waals surface area contributed by atoms with Crippen LogP contribution < -0.4 is 0 Å². The second kappa shape index (κ2) is 2.09. The smallest absolute Gasteiger partial charge is 0.0406 e. The molecule has 0 unspecified atom stereocenters. The third-order valence-corrected chi connectivity index (χ3v) is 1.39. The van der Waals surface area contributed by atoms with Crippen LogP contribution in [0.15, 0.2) is 12.6 Å². The summed E-state index contributed by atoms with van der Waals surface area (Å²) < 4.78 is 0. The van der Waals surface area contributed by atoms with Gasteiger partial charge < -0.3 is 4.98 Å². The Morgan fingerprint density at radius 3 is 2.44 bits per heavy atom. The molecule has 0 aliphatic heterocycles. The fourth-order valence-electron chi connectivity index (χ4n) is 0.962. The molecule has 0 saturated carbocycles. The standard InChI is InChI=1S/C8H11N/c1-4-8-6(2)5-7(3)9-8/h4-5,9H,1H2,2-3H3. The molecule has 0 radical (unpaired) electrons. The van der Waals surface area contributed by atoms with Gasteiger partial charge in [-0.3, -0.25) is 0 Å². The summed E-state index contributed by atoms with van der Waals surface area (Å²) in [5, 5.41) is 0. The summed E-state index contributed by atoms with van der Waals surface area (Å²) in [6, 6.07) is 2.11. The lowest BCUT2D eigenvalue weighted by atomic mass is 10.3. The molecule has 0 amide bonds. The molecule has 1 N–H and O–H groups in total. The van der Waals surface area contributed by atoms with Crippen LogP contribution in [0, 0.1) is 13.8 Å². The zero-order chi connectivity index (χ0) is 6.85. The van der Waals surface area contributed by atoms with E-state index in [2.05, 4.69) is 24.6 Å².